The van der Waals surface area contributed by atoms with Crippen molar-refractivity contribution in [2.45, 2.75) is 87.1 Å². The number of nitrogens with one attached hydrogen (secondary N) is 2. The molecule has 244 valence electrons. The zero-order valence-corrected chi connectivity index (χ0v) is 26.5. The molecule has 3 saturated heterocycles. The van der Waals surface area contributed by atoms with Crippen molar-refractivity contribution < 1.29 is 37.9 Å². The summed E-state index contributed by atoms with van der Waals surface area (Å²) in [5, 5.41) is 7.21. The molecule has 0 spiro atoms. The first-order chi connectivity index (χ1) is 21.7. The van der Waals surface area contributed by atoms with Gasteiger partial charge in [0, 0.05) is 41.5 Å². The number of ether oxygens (including phenoxy) is 8. The summed E-state index contributed by atoms with van der Waals surface area (Å²) in [6.45, 7) is 3.57. The van der Waals surface area contributed by atoms with E-state index in [9.17, 15) is 0 Å². The fourth-order valence-electron chi connectivity index (χ4n) is 6.81. The summed E-state index contributed by atoms with van der Waals surface area (Å²) < 4.78 is 50.5. The summed E-state index contributed by atoms with van der Waals surface area (Å²) in [5.74, 6) is 0. The molecule has 4 bridgehead atoms. The van der Waals surface area contributed by atoms with Crippen molar-refractivity contribution in [3.8, 4) is 0 Å². The highest BCUT2D eigenvalue weighted by Gasteiger charge is 2.49. The fraction of sp³-hybridized carbons (Fsp3) is 0.647. The molecule has 3 aliphatic rings. The summed E-state index contributed by atoms with van der Waals surface area (Å²) in [4.78, 5) is 0. The third-order valence-electron chi connectivity index (χ3n) is 9.02. The van der Waals surface area contributed by atoms with Crippen molar-refractivity contribution >= 4 is 0 Å². The van der Waals surface area contributed by atoms with Crippen LogP contribution in [0, 0.1) is 0 Å². The van der Waals surface area contributed by atoms with Gasteiger partial charge in [0.1, 0.15) is 36.6 Å². The van der Waals surface area contributed by atoms with Gasteiger partial charge in [0.15, 0.2) is 0 Å². The van der Waals surface area contributed by atoms with Crippen LogP contribution in [-0.2, 0) is 51.1 Å². The number of hydrogen-bond donors (Lipinski definition) is 2. The van der Waals surface area contributed by atoms with E-state index in [0.717, 1.165) is 24.0 Å². The first-order valence-electron chi connectivity index (χ1n) is 15.8. The lowest BCUT2D eigenvalue weighted by Gasteiger charge is -2.47. The minimum atomic E-state index is -0.298. The number of benzene rings is 2. The van der Waals surface area contributed by atoms with Crippen molar-refractivity contribution in [1.82, 2.24) is 10.6 Å². The van der Waals surface area contributed by atoms with Crippen LogP contribution < -0.4 is 10.6 Å². The van der Waals surface area contributed by atoms with Crippen LogP contribution in [0.2, 0.25) is 0 Å². The second-order valence-corrected chi connectivity index (χ2v) is 11.7. The van der Waals surface area contributed by atoms with E-state index in [1.54, 1.807) is 28.4 Å². The molecule has 0 amide bonds. The molecule has 10 atom stereocenters. The largest absolute Gasteiger partial charge is 0.376 e. The smallest absolute Gasteiger partial charge is 0.115 e. The van der Waals surface area contributed by atoms with Gasteiger partial charge in [0.25, 0.3) is 0 Å². The van der Waals surface area contributed by atoms with Gasteiger partial charge < -0.3 is 48.5 Å². The molecule has 3 heterocycles. The maximum atomic E-state index is 6.66. The summed E-state index contributed by atoms with van der Waals surface area (Å²) in [6.07, 6.45) is -1.03. The minimum Gasteiger partial charge on any atom is -0.376 e. The van der Waals surface area contributed by atoms with Crippen LogP contribution in [0.1, 0.15) is 24.0 Å². The standard InChI is InChI=1S/C34H50N2O8/c1-37-29-25-15-17-35-20-28-32(40-4)34(42-22-24-13-9-6-10-14-24)30(38-2)26(44-28)16-18-36-19-27(43-25)31(39-3)33(29)41-21-23-11-7-5-8-12-23/h5-14,25-36H,15-22H2,1-4H3/t25-,26-,27-,28-,29+,30+,31-,32-,33-,34-/m1/s1. The zero-order chi connectivity index (χ0) is 30.7. The van der Waals surface area contributed by atoms with Crippen LogP contribution in [0.5, 0.6) is 0 Å². The molecular weight excluding hydrogens is 564 g/mol. The zero-order valence-electron chi connectivity index (χ0n) is 26.5. The molecule has 2 aromatic rings. The molecule has 2 aromatic carbocycles. The quantitative estimate of drug-likeness (QED) is 0.416. The summed E-state index contributed by atoms with van der Waals surface area (Å²) >= 11 is 0. The molecule has 10 nitrogen and oxygen atoms in total. The predicted octanol–water partition coefficient (Wildman–Crippen LogP) is 2.73. The highest BCUT2D eigenvalue weighted by atomic mass is 16.6. The Morgan fingerprint density at radius 2 is 0.886 bits per heavy atom. The second-order valence-electron chi connectivity index (χ2n) is 11.7. The lowest BCUT2D eigenvalue weighted by atomic mass is 9.91. The Kier molecular flexibility index (Phi) is 13.0. The molecule has 3 fully saturated rings. The molecule has 5 rings (SSSR count). The van der Waals surface area contributed by atoms with E-state index in [4.69, 9.17) is 37.9 Å². The number of rotatable bonds is 10. The summed E-state index contributed by atoms with van der Waals surface area (Å²) in [6, 6.07) is 20.4. The molecule has 3 aliphatic heterocycles. The minimum absolute atomic E-state index is 0.174. The fourth-order valence-corrected chi connectivity index (χ4v) is 6.81. The van der Waals surface area contributed by atoms with Crippen LogP contribution in [0.4, 0.5) is 0 Å². The Morgan fingerprint density at radius 3 is 1.25 bits per heavy atom. The van der Waals surface area contributed by atoms with Crippen molar-refractivity contribution in [3.05, 3.63) is 71.8 Å². The Hall–Kier alpha value is -1.96. The van der Waals surface area contributed by atoms with Gasteiger partial charge in [0.05, 0.1) is 37.6 Å². The third kappa shape index (κ3) is 8.24. The Bertz CT molecular complexity index is 956. The van der Waals surface area contributed by atoms with Gasteiger partial charge in [-0.15, -0.1) is 0 Å². The van der Waals surface area contributed by atoms with Gasteiger partial charge in [-0.25, -0.2) is 0 Å². The Labute approximate surface area is 262 Å². The normalized spacial score (nSPS) is 35.1. The molecule has 10 heteroatoms. The monoisotopic (exact) mass is 614 g/mol. The first kappa shape index (κ1) is 33.4. The van der Waals surface area contributed by atoms with E-state index in [0.29, 0.717) is 39.4 Å². The highest BCUT2D eigenvalue weighted by molar-refractivity contribution is 5.14. The van der Waals surface area contributed by atoms with E-state index in [1.807, 2.05) is 36.4 Å². The molecule has 0 radical (unpaired) electrons. The van der Waals surface area contributed by atoms with Crippen LogP contribution in [0.3, 0.4) is 0 Å². The van der Waals surface area contributed by atoms with Crippen LogP contribution >= 0.6 is 0 Å². The van der Waals surface area contributed by atoms with Gasteiger partial charge in [-0.05, 0) is 37.1 Å². The van der Waals surface area contributed by atoms with Crippen molar-refractivity contribution in [2.24, 2.45) is 0 Å². The van der Waals surface area contributed by atoms with Crippen LogP contribution in [-0.4, -0.2) is 116 Å². The molecule has 0 saturated carbocycles. The highest BCUT2D eigenvalue weighted by Crippen LogP contribution is 2.32. The Balaban J connectivity index is 1.30. The van der Waals surface area contributed by atoms with Gasteiger partial charge in [0.2, 0.25) is 0 Å². The van der Waals surface area contributed by atoms with Crippen molar-refractivity contribution in [2.75, 3.05) is 54.6 Å². The molecule has 0 aliphatic carbocycles. The lowest BCUT2D eigenvalue weighted by Crippen LogP contribution is -2.63. The summed E-state index contributed by atoms with van der Waals surface area (Å²) in [5.41, 5.74) is 2.22. The maximum Gasteiger partial charge on any atom is 0.115 e. The van der Waals surface area contributed by atoms with Crippen molar-refractivity contribution in [1.29, 1.82) is 0 Å². The van der Waals surface area contributed by atoms with E-state index in [1.165, 1.54) is 0 Å². The third-order valence-corrected chi connectivity index (χ3v) is 9.02. The van der Waals surface area contributed by atoms with E-state index < -0.39 is 0 Å². The molecule has 0 unspecified atom stereocenters. The van der Waals surface area contributed by atoms with Crippen molar-refractivity contribution in [3.63, 3.8) is 0 Å². The average Bonchev–Trinajstić information content (AvgIpc) is 3.06. The number of hydrogen-bond acceptors (Lipinski definition) is 10. The SMILES string of the molecule is CO[C@@H]1[C@@H](OCc2ccccc2)[C@H](OC)[C@H]2CNCC[C@H]3O[C@H](CNCC[C@H]1O2)[C@@H](OC)[C@H](OCc1ccccc1)[C@H]3OC. The molecular formula is C34H50N2O8. The van der Waals surface area contributed by atoms with E-state index in [2.05, 4.69) is 34.9 Å². The first-order valence-corrected chi connectivity index (χ1v) is 15.8. The predicted molar refractivity (Wildman–Crippen MR) is 166 cm³/mol. The molecule has 0 aromatic heterocycles. The van der Waals surface area contributed by atoms with E-state index >= 15 is 0 Å². The topological polar surface area (TPSA) is 97.9 Å². The lowest BCUT2D eigenvalue weighted by molar-refractivity contribution is -0.254. The van der Waals surface area contributed by atoms with Gasteiger partial charge in [-0.3, -0.25) is 0 Å². The van der Waals surface area contributed by atoms with Gasteiger partial charge in [-0.2, -0.15) is 0 Å². The van der Waals surface area contributed by atoms with Gasteiger partial charge in [-0.1, -0.05) is 60.7 Å². The maximum absolute atomic E-state index is 6.66. The average molecular weight is 615 g/mol. The second kappa shape index (κ2) is 17.1. The van der Waals surface area contributed by atoms with Crippen LogP contribution in [0.15, 0.2) is 60.7 Å². The van der Waals surface area contributed by atoms with Crippen LogP contribution in [0.25, 0.3) is 0 Å². The van der Waals surface area contributed by atoms with Gasteiger partial charge >= 0.3 is 0 Å². The van der Waals surface area contributed by atoms with E-state index in [-0.39, 0.29) is 61.0 Å². The number of fused-ring (bicyclic) bond motifs is 4. The molecule has 44 heavy (non-hydrogen) atoms. The Morgan fingerprint density at radius 1 is 0.523 bits per heavy atom. The molecule has 2 N–H and O–H groups in total. The number of methoxy groups -OCH3 is 4. The summed E-state index contributed by atoms with van der Waals surface area (Å²) in [7, 11) is 6.87.